The number of benzene rings is 2. The fraction of sp³-hybridized carbons (Fsp3) is 0.278. The molecule has 0 aliphatic heterocycles. The van der Waals surface area contributed by atoms with E-state index >= 15 is 0 Å². The van der Waals surface area contributed by atoms with Crippen molar-refractivity contribution >= 4 is 38.3 Å². The molecule has 0 atom stereocenters. The van der Waals surface area contributed by atoms with Gasteiger partial charge in [0.2, 0.25) is 10.0 Å². The minimum absolute atomic E-state index is 0.514. The number of fused-ring (bicyclic) bond motifs is 1. The van der Waals surface area contributed by atoms with Crippen molar-refractivity contribution in [2.24, 2.45) is 0 Å². The number of alkyl halides is 1. The number of sulfonamides is 1. The Morgan fingerprint density at radius 2 is 1.88 bits per heavy atom. The van der Waals surface area contributed by atoms with Gasteiger partial charge in [0.1, 0.15) is 5.82 Å². The lowest BCUT2D eigenvalue weighted by molar-refractivity contribution is 0.607. The van der Waals surface area contributed by atoms with E-state index in [0.717, 1.165) is 41.6 Å². The first kappa shape index (κ1) is 17.8. The summed E-state index contributed by atoms with van der Waals surface area (Å²) in [5, 5.41) is 0. The van der Waals surface area contributed by atoms with Crippen LogP contribution in [0.1, 0.15) is 18.3 Å². The van der Waals surface area contributed by atoms with Crippen LogP contribution in [0.25, 0.3) is 16.7 Å². The van der Waals surface area contributed by atoms with E-state index in [2.05, 4.69) is 45.5 Å². The largest absolute Gasteiger partial charge is 0.296 e. The number of nitrogens with one attached hydrogen (secondary N) is 1. The van der Waals surface area contributed by atoms with Crippen LogP contribution in [-0.4, -0.2) is 30.1 Å². The van der Waals surface area contributed by atoms with Crippen LogP contribution in [0.15, 0.2) is 42.5 Å². The van der Waals surface area contributed by atoms with Gasteiger partial charge in [0.25, 0.3) is 0 Å². The average molecular weight is 378 g/mol. The first-order chi connectivity index (χ1) is 11.9. The molecule has 0 amide bonds. The number of hydrogen-bond donors (Lipinski definition) is 1. The molecule has 0 unspecified atom stereocenters. The summed E-state index contributed by atoms with van der Waals surface area (Å²) in [6.45, 7) is 2.05. The first-order valence-corrected chi connectivity index (χ1v) is 10.5. The molecule has 1 aromatic heterocycles. The van der Waals surface area contributed by atoms with Crippen LogP contribution in [0.3, 0.4) is 0 Å². The zero-order chi connectivity index (χ0) is 18.0. The lowest BCUT2D eigenvalue weighted by Gasteiger charge is -2.09. The molecule has 2 aromatic carbocycles. The second kappa shape index (κ2) is 7.06. The van der Waals surface area contributed by atoms with E-state index in [-0.39, 0.29) is 0 Å². The molecule has 7 heteroatoms. The quantitative estimate of drug-likeness (QED) is 0.665. The Bertz CT molecular complexity index is 995. The molecule has 0 radical (unpaired) electrons. The molecule has 132 valence electrons. The molecule has 1 N–H and O–H groups in total. The molecule has 3 aromatic rings. The SMILES string of the molecule is CCc1nc2cc(NS(C)(=O)=O)ccc2n1-c1ccc(CCCl)cc1. The van der Waals surface area contributed by atoms with Crippen LogP contribution in [0.5, 0.6) is 0 Å². The summed E-state index contributed by atoms with van der Waals surface area (Å²) in [4.78, 5) is 4.66. The van der Waals surface area contributed by atoms with Gasteiger partial charge >= 0.3 is 0 Å². The van der Waals surface area contributed by atoms with E-state index in [9.17, 15) is 8.42 Å². The standard InChI is InChI=1S/C18H20ClN3O2S/c1-3-18-20-16-12-14(21-25(2,23)24)6-9-17(16)22(18)15-7-4-13(5-8-15)10-11-19/h4-9,12,21H,3,10-11H2,1-2H3. The molecule has 0 aliphatic carbocycles. The predicted octanol–water partition coefficient (Wildman–Crippen LogP) is 3.74. The Labute approximate surface area is 152 Å². The van der Waals surface area contributed by atoms with Gasteiger partial charge in [-0.1, -0.05) is 19.1 Å². The van der Waals surface area contributed by atoms with Crippen molar-refractivity contribution in [3.8, 4) is 5.69 Å². The number of halogens is 1. The fourth-order valence-corrected chi connectivity index (χ4v) is 3.63. The van der Waals surface area contributed by atoms with E-state index in [4.69, 9.17) is 11.6 Å². The number of anilines is 1. The molecule has 0 spiro atoms. The summed E-state index contributed by atoms with van der Waals surface area (Å²) in [7, 11) is -3.31. The van der Waals surface area contributed by atoms with Gasteiger partial charge in [-0.05, 0) is 42.3 Å². The smallest absolute Gasteiger partial charge is 0.229 e. The average Bonchev–Trinajstić information content (AvgIpc) is 2.92. The van der Waals surface area contributed by atoms with E-state index < -0.39 is 10.0 Å². The highest BCUT2D eigenvalue weighted by molar-refractivity contribution is 7.92. The minimum Gasteiger partial charge on any atom is -0.296 e. The molecule has 0 bridgehead atoms. The van der Waals surface area contributed by atoms with Gasteiger partial charge in [-0.15, -0.1) is 11.6 Å². The number of nitrogens with zero attached hydrogens (tertiary/aromatic N) is 2. The van der Waals surface area contributed by atoms with Gasteiger partial charge in [-0.25, -0.2) is 13.4 Å². The van der Waals surface area contributed by atoms with Crippen LogP contribution in [0, 0.1) is 0 Å². The van der Waals surface area contributed by atoms with Crippen LogP contribution < -0.4 is 4.72 Å². The Morgan fingerprint density at radius 3 is 2.48 bits per heavy atom. The molecule has 0 saturated heterocycles. The molecule has 1 heterocycles. The van der Waals surface area contributed by atoms with Gasteiger partial charge in [0, 0.05) is 18.0 Å². The monoisotopic (exact) mass is 377 g/mol. The van der Waals surface area contributed by atoms with E-state index in [1.807, 2.05) is 6.07 Å². The van der Waals surface area contributed by atoms with Crippen LogP contribution in [0.4, 0.5) is 5.69 Å². The molecule has 0 fully saturated rings. The second-order valence-corrected chi connectivity index (χ2v) is 8.03. The number of hydrogen-bond acceptors (Lipinski definition) is 3. The molecular weight excluding hydrogens is 358 g/mol. The predicted molar refractivity (Wildman–Crippen MR) is 103 cm³/mol. The Hall–Kier alpha value is -2.05. The highest BCUT2D eigenvalue weighted by Gasteiger charge is 2.12. The summed E-state index contributed by atoms with van der Waals surface area (Å²) < 4.78 is 27.4. The maximum Gasteiger partial charge on any atom is 0.229 e. The van der Waals surface area contributed by atoms with Gasteiger partial charge < -0.3 is 0 Å². The van der Waals surface area contributed by atoms with E-state index in [1.165, 1.54) is 5.56 Å². The van der Waals surface area contributed by atoms with Gasteiger partial charge in [0.05, 0.1) is 23.0 Å². The third kappa shape index (κ3) is 3.96. The molecule has 3 rings (SSSR count). The summed E-state index contributed by atoms with van der Waals surface area (Å²) in [6.07, 6.45) is 2.75. The normalized spacial score (nSPS) is 11.8. The third-order valence-electron chi connectivity index (χ3n) is 3.92. The molecule has 0 saturated carbocycles. The summed E-state index contributed by atoms with van der Waals surface area (Å²) in [5.41, 5.74) is 4.44. The maximum atomic E-state index is 11.4. The number of imidazole rings is 1. The number of aryl methyl sites for hydroxylation is 2. The number of aromatic nitrogens is 2. The van der Waals surface area contributed by atoms with E-state index in [1.54, 1.807) is 12.1 Å². The second-order valence-electron chi connectivity index (χ2n) is 5.90. The molecular formula is C18H20ClN3O2S. The van der Waals surface area contributed by atoms with Crippen molar-refractivity contribution in [3.63, 3.8) is 0 Å². The summed E-state index contributed by atoms with van der Waals surface area (Å²) in [6, 6.07) is 13.7. The van der Waals surface area contributed by atoms with Crippen molar-refractivity contribution in [2.45, 2.75) is 19.8 Å². The van der Waals surface area contributed by atoms with Gasteiger partial charge in [-0.3, -0.25) is 9.29 Å². The van der Waals surface area contributed by atoms with Crippen molar-refractivity contribution in [1.29, 1.82) is 0 Å². The van der Waals surface area contributed by atoms with Crippen molar-refractivity contribution in [3.05, 3.63) is 53.9 Å². The summed E-state index contributed by atoms with van der Waals surface area (Å²) >= 11 is 5.80. The molecule has 25 heavy (non-hydrogen) atoms. The van der Waals surface area contributed by atoms with Crippen molar-refractivity contribution < 1.29 is 8.42 Å². The van der Waals surface area contributed by atoms with E-state index in [0.29, 0.717) is 11.6 Å². The van der Waals surface area contributed by atoms with Gasteiger partial charge in [0.15, 0.2) is 0 Å². The minimum atomic E-state index is -3.31. The Morgan fingerprint density at radius 1 is 1.16 bits per heavy atom. The van der Waals surface area contributed by atoms with Crippen LogP contribution in [0.2, 0.25) is 0 Å². The lowest BCUT2D eigenvalue weighted by Crippen LogP contribution is -2.09. The fourth-order valence-electron chi connectivity index (χ4n) is 2.85. The van der Waals surface area contributed by atoms with Crippen molar-refractivity contribution in [1.82, 2.24) is 9.55 Å². The number of rotatable bonds is 6. The van der Waals surface area contributed by atoms with Crippen molar-refractivity contribution in [2.75, 3.05) is 16.9 Å². The van der Waals surface area contributed by atoms with Gasteiger partial charge in [-0.2, -0.15) is 0 Å². The maximum absolute atomic E-state index is 11.4. The molecule has 5 nitrogen and oxygen atoms in total. The van der Waals surface area contributed by atoms with Crippen LogP contribution in [-0.2, 0) is 22.9 Å². The molecule has 0 aliphatic rings. The Kier molecular flexibility index (Phi) is 5.01. The lowest BCUT2D eigenvalue weighted by atomic mass is 10.1. The topological polar surface area (TPSA) is 64.0 Å². The third-order valence-corrected chi connectivity index (χ3v) is 4.72. The highest BCUT2D eigenvalue weighted by Crippen LogP contribution is 2.25. The Balaban J connectivity index is 2.07. The highest BCUT2D eigenvalue weighted by atomic mass is 35.5. The summed E-state index contributed by atoms with van der Waals surface area (Å²) in [5.74, 6) is 1.53. The zero-order valence-electron chi connectivity index (χ0n) is 14.2. The van der Waals surface area contributed by atoms with Crippen LogP contribution >= 0.6 is 11.6 Å². The first-order valence-electron chi connectivity index (χ1n) is 8.05. The zero-order valence-corrected chi connectivity index (χ0v) is 15.7.